The van der Waals surface area contributed by atoms with Gasteiger partial charge in [-0.1, -0.05) is 32.6 Å². The number of hydrogen-bond acceptors (Lipinski definition) is 3. The molecule has 1 aromatic heterocycles. The fraction of sp³-hybridized carbons (Fsp3) is 0.368. The third-order valence-electron chi connectivity index (χ3n) is 3.75. The number of benzene rings is 1. The van der Waals surface area contributed by atoms with E-state index in [0.717, 1.165) is 25.7 Å². The standard InChI is InChI=1S/C19H21F2NO2/c1-2-3-4-5-6-11-24-17-10-8-15(18(20)19(17)21)16-9-7-14(13-23)12-22-16/h7-10,12-13H,2-6,11H2,1H3. The summed E-state index contributed by atoms with van der Waals surface area (Å²) >= 11 is 0. The van der Waals surface area contributed by atoms with Crippen LogP contribution < -0.4 is 4.74 Å². The summed E-state index contributed by atoms with van der Waals surface area (Å²) in [7, 11) is 0. The fourth-order valence-electron chi connectivity index (χ4n) is 2.36. The van der Waals surface area contributed by atoms with Crippen LogP contribution in [-0.2, 0) is 0 Å². The number of hydrogen-bond donors (Lipinski definition) is 0. The molecule has 0 amide bonds. The van der Waals surface area contributed by atoms with Gasteiger partial charge < -0.3 is 4.74 Å². The minimum atomic E-state index is -1.01. The second kappa shape index (κ2) is 9.11. The summed E-state index contributed by atoms with van der Waals surface area (Å²) in [6.07, 6.45) is 7.25. The Balaban J connectivity index is 2.03. The van der Waals surface area contributed by atoms with Crippen LogP contribution in [0.2, 0.25) is 0 Å². The number of carbonyl (C=O) groups excluding carboxylic acids is 1. The largest absolute Gasteiger partial charge is 0.490 e. The number of carbonyl (C=O) groups is 1. The molecule has 128 valence electrons. The molecule has 0 radical (unpaired) electrons. The summed E-state index contributed by atoms with van der Waals surface area (Å²) in [6, 6.07) is 5.84. The van der Waals surface area contributed by atoms with E-state index in [-0.39, 0.29) is 17.0 Å². The molecule has 0 fully saturated rings. The lowest BCUT2D eigenvalue weighted by molar-refractivity contribution is 0.112. The Bertz CT molecular complexity index is 672. The molecule has 2 rings (SSSR count). The highest BCUT2D eigenvalue weighted by Gasteiger charge is 2.16. The van der Waals surface area contributed by atoms with Crippen LogP contribution in [0.3, 0.4) is 0 Å². The van der Waals surface area contributed by atoms with Crippen molar-refractivity contribution in [2.75, 3.05) is 6.61 Å². The second-order valence-corrected chi connectivity index (χ2v) is 5.60. The van der Waals surface area contributed by atoms with E-state index in [1.807, 2.05) is 0 Å². The molecule has 3 nitrogen and oxygen atoms in total. The minimum absolute atomic E-state index is 0.0419. The Kier molecular flexibility index (Phi) is 6.85. The van der Waals surface area contributed by atoms with Gasteiger partial charge in [0.05, 0.1) is 12.3 Å². The molecule has 0 bridgehead atoms. The lowest BCUT2D eigenvalue weighted by atomic mass is 10.1. The number of aldehydes is 1. The number of aromatic nitrogens is 1. The van der Waals surface area contributed by atoms with Gasteiger partial charge in [-0.2, -0.15) is 4.39 Å². The summed E-state index contributed by atoms with van der Waals surface area (Å²) in [5.41, 5.74) is 0.686. The average Bonchev–Trinajstić information content (AvgIpc) is 2.61. The van der Waals surface area contributed by atoms with Crippen LogP contribution in [-0.4, -0.2) is 17.9 Å². The molecule has 0 saturated carbocycles. The molecule has 2 aromatic rings. The number of unbranched alkanes of at least 4 members (excludes halogenated alkanes) is 4. The number of halogens is 2. The molecular formula is C19H21F2NO2. The predicted molar refractivity (Wildman–Crippen MR) is 89.2 cm³/mol. The molecule has 24 heavy (non-hydrogen) atoms. The van der Waals surface area contributed by atoms with E-state index in [2.05, 4.69) is 11.9 Å². The molecule has 0 spiro atoms. The van der Waals surface area contributed by atoms with E-state index in [1.165, 1.54) is 36.9 Å². The number of pyridine rings is 1. The molecule has 0 aliphatic heterocycles. The minimum Gasteiger partial charge on any atom is -0.490 e. The first-order chi connectivity index (χ1) is 11.7. The lowest BCUT2D eigenvalue weighted by Crippen LogP contribution is -2.02. The van der Waals surface area contributed by atoms with Crippen LogP contribution in [0.15, 0.2) is 30.5 Å². The first-order valence-electron chi connectivity index (χ1n) is 8.19. The molecule has 0 atom stereocenters. The summed E-state index contributed by atoms with van der Waals surface area (Å²) in [4.78, 5) is 14.6. The van der Waals surface area contributed by atoms with Gasteiger partial charge in [0.2, 0.25) is 5.82 Å². The molecule has 1 heterocycles. The van der Waals surface area contributed by atoms with Crippen molar-refractivity contribution in [2.24, 2.45) is 0 Å². The van der Waals surface area contributed by atoms with Crippen molar-refractivity contribution in [2.45, 2.75) is 39.0 Å². The van der Waals surface area contributed by atoms with Gasteiger partial charge in [0.15, 0.2) is 17.9 Å². The molecule has 1 aromatic carbocycles. The highest BCUT2D eigenvalue weighted by Crippen LogP contribution is 2.29. The van der Waals surface area contributed by atoms with Crippen LogP contribution in [0, 0.1) is 11.6 Å². The maximum absolute atomic E-state index is 14.2. The van der Waals surface area contributed by atoms with E-state index in [1.54, 1.807) is 0 Å². The van der Waals surface area contributed by atoms with Crippen molar-refractivity contribution >= 4 is 6.29 Å². The third kappa shape index (κ3) is 4.60. The van der Waals surface area contributed by atoms with E-state index in [9.17, 15) is 13.6 Å². The molecule has 0 aliphatic carbocycles. The quantitative estimate of drug-likeness (QED) is 0.468. The zero-order valence-corrected chi connectivity index (χ0v) is 13.7. The molecular weight excluding hydrogens is 312 g/mol. The highest BCUT2D eigenvalue weighted by molar-refractivity contribution is 5.75. The van der Waals surface area contributed by atoms with Crippen LogP contribution in [0.5, 0.6) is 5.75 Å². The average molecular weight is 333 g/mol. The van der Waals surface area contributed by atoms with E-state index < -0.39 is 11.6 Å². The monoisotopic (exact) mass is 333 g/mol. The SMILES string of the molecule is CCCCCCCOc1ccc(-c2ccc(C=O)cn2)c(F)c1F. The third-order valence-corrected chi connectivity index (χ3v) is 3.75. The zero-order valence-electron chi connectivity index (χ0n) is 13.7. The van der Waals surface area contributed by atoms with Crippen molar-refractivity contribution in [3.05, 3.63) is 47.7 Å². The number of rotatable bonds is 9. The summed E-state index contributed by atoms with van der Waals surface area (Å²) in [5, 5.41) is 0. The first-order valence-corrected chi connectivity index (χ1v) is 8.19. The van der Waals surface area contributed by atoms with Gasteiger partial charge in [0.1, 0.15) is 0 Å². The van der Waals surface area contributed by atoms with Crippen molar-refractivity contribution in [3.8, 4) is 17.0 Å². The van der Waals surface area contributed by atoms with Gasteiger partial charge in [0, 0.05) is 17.3 Å². The Morgan fingerprint density at radius 3 is 2.50 bits per heavy atom. The fourth-order valence-corrected chi connectivity index (χ4v) is 2.36. The van der Waals surface area contributed by atoms with Crippen LogP contribution in [0.1, 0.15) is 49.4 Å². The van der Waals surface area contributed by atoms with Gasteiger partial charge >= 0.3 is 0 Å². The van der Waals surface area contributed by atoms with Gasteiger partial charge in [-0.25, -0.2) is 4.39 Å². The Morgan fingerprint density at radius 1 is 1.04 bits per heavy atom. The van der Waals surface area contributed by atoms with Gasteiger partial charge in [0.25, 0.3) is 0 Å². The normalized spacial score (nSPS) is 10.6. The molecule has 5 heteroatoms. The van der Waals surface area contributed by atoms with Crippen LogP contribution in [0.4, 0.5) is 8.78 Å². The van der Waals surface area contributed by atoms with Gasteiger partial charge in [-0.05, 0) is 30.7 Å². The van der Waals surface area contributed by atoms with Crippen LogP contribution >= 0.6 is 0 Å². The maximum atomic E-state index is 14.2. The maximum Gasteiger partial charge on any atom is 0.201 e. The number of nitrogens with zero attached hydrogens (tertiary/aromatic N) is 1. The molecule has 0 unspecified atom stereocenters. The topological polar surface area (TPSA) is 39.2 Å². The van der Waals surface area contributed by atoms with E-state index in [0.29, 0.717) is 18.5 Å². The van der Waals surface area contributed by atoms with Crippen molar-refractivity contribution < 1.29 is 18.3 Å². The van der Waals surface area contributed by atoms with Crippen molar-refractivity contribution in [1.82, 2.24) is 4.98 Å². The summed E-state index contributed by atoms with van der Waals surface area (Å²) in [5.74, 6) is -2.09. The van der Waals surface area contributed by atoms with Gasteiger partial charge in [-0.15, -0.1) is 0 Å². The smallest absolute Gasteiger partial charge is 0.201 e. The second-order valence-electron chi connectivity index (χ2n) is 5.60. The Morgan fingerprint density at radius 2 is 1.83 bits per heavy atom. The lowest BCUT2D eigenvalue weighted by Gasteiger charge is -2.10. The van der Waals surface area contributed by atoms with E-state index >= 15 is 0 Å². The highest BCUT2D eigenvalue weighted by atomic mass is 19.2. The number of ether oxygens (including phenoxy) is 1. The molecule has 0 N–H and O–H groups in total. The Labute approximate surface area is 140 Å². The summed E-state index contributed by atoms with van der Waals surface area (Å²) in [6.45, 7) is 2.50. The van der Waals surface area contributed by atoms with E-state index in [4.69, 9.17) is 4.74 Å². The predicted octanol–water partition coefficient (Wildman–Crippen LogP) is 5.19. The molecule has 0 aliphatic rings. The zero-order chi connectivity index (χ0) is 17.4. The first kappa shape index (κ1) is 18.0. The van der Waals surface area contributed by atoms with Crippen LogP contribution in [0.25, 0.3) is 11.3 Å². The molecule has 0 saturated heterocycles. The van der Waals surface area contributed by atoms with Gasteiger partial charge in [-0.3, -0.25) is 9.78 Å². The Hall–Kier alpha value is -2.30. The summed E-state index contributed by atoms with van der Waals surface area (Å²) < 4.78 is 33.7. The van der Waals surface area contributed by atoms with Crippen molar-refractivity contribution in [1.29, 1.82) is 0 Å². The van der Waals surface area contributed by atoms with Crippen molar-refractivity contribution in [3.63, 3.8) is 0 Å².